The number of phenols is 1. The van der Waals surface area contributed by atoms with Crippen LogP contribution < -0.4 is 0 Å². The lowest BCUT2D eigenvalue weighted by atomic mass is 9.85. The molecular weight excluding hydrogens is 216 g/mol. The van der Waals surface area contributed by atoms with Gasteiger partial charge in [0.2, 0.25) is 0 Å². The van der Waals surface area contributed by atoms with Crippen molar-refractivity contribution in [3.05, 3.63) is 34.7 Å². The van der Waals surface area contributed by atoms with Gasteiger partial charge in [0.1, 0.15) is 5.75 Å². The molecule has 4 heteroatoms. The number of nitrogens with zero attached hydrogens (tertiary/aromatic N) is 2. The Morgan fingerprint density at radius 1 is 1.47 bits per heavy atom. The second-order valence-corrected chi connectivity index (χ2v) is 4.51. The van der Waals surface area contributed by atoms with Crippen molar-refractivity contribution in [1.82, 2.24) is 5.01 Å². The highest BCUT2D eigenvalue weighted by Crippen LogP contribution is 2.30. The largest absolute Gasteiger partial charge is 0.508 e. The molecule has 4 nitrogen and oxygen atoms in total. The van der Waals surface area contributed by atoms with Gasteiger partial charge in [-0.05, 0) is 36.0 Å². The predicted octanol–water partition coefficient (Wildman–Crippen LogP) is 3.14. The Labute approximate surface area is 102 Å². The summed E-state index contributed by atoms with van der Waals surface area (Å²) in [5.74, 6) is 0.922. The molecular formula is C13H20N2O2. The number of phenolic OH excluding ortho intramolecular Hbond substituents is 1. The highest BCUT2D eigenvalue weighted by Gasteiger charge is 2.19. The van der Waals surface area contributed by atoms with E-state index in [0.29, 0.717) is 18.4 Å². The van der Waals surface area contributed by atoms with Crippen LogP contribution in [0.25, 0.3) is 0 Å². The zero-order valence-electron chi connectivity index (χ0n) is 10.6. The third-order valence-electron chi connectivity index (χ3n) is 3.12. The first-order valence-corrected chi connectivity index (χ1v) is 5.91. The van der Waals surface area contributed by atoms with E-state index in [1.54, 1.807) is 19.2 Å². The van der Waals surface area contributed by atoms with E-state index >= 15 is 0 Å². The first kappa shape index (κ1) is 13.5. The van der Waals surface area contributed by atoms with Crippen LogP contribution in [-0.4, -0.2) is 23.7 Å². The summed E-state index contributed by atoms with van der Waals surface area (Å²) < 4.78 is 0. The zero-order chi connectivity index (χ0) is 12.8. The lowest BCUT2D eigenvalue weighted by molar-refractivity contribution is 0.267. The summed E-state index contributed by atoms with van der Waals surface area (Å²) in [7, 11) is 1.68. The molecule has 0 aliphatic rings. The number of nitroso groups, excluding NO2 is 1. The van der Waals surface area contributed by atoms with Gasteiger partial charge in [-0.25, -0.2) is 0 Å². The minimum absolute atomic E-state index is 0.287. The molecule has 1 rings (SSSR count). The maximum absolute atomic E-state index is 10.4. The Bertz CT molecular complexity index is 368. The summed E-state index contributed by atoms with van der Waals surface area (Å²) in [5.41, 5.74) is 1.11. The van der Waals surface area contributed by atoms with Crippen molar-refractivity contribution < 1.29 is 5.11 Å². The van der Waals surface area contributed by atoms with Crippen LogP contribution in [0.2, 0.25) is 0 Å². The first-order valence-electron chi connectivity index (χ1n) is 5.91. The molecule has 0 unspecified atom stereocenters. The second-order valence-electron chi connectivity index (χ2n) is 4.51. The Balaban J connectivity index is 2.80. The molecule has 0 aliphatic heterocycles. The molecule has 94 valence electrons. The van der Waals surface area contributed by atoms with Crippen LogP contribution in [0.4, 0.5) is 0 Å². The molecule has 0 heterocycles. The third kappa shape index (κ3) is 3.73. The minimum atomic E-state index is 0.287. The van der Waals surface area contributed by atoms with E-state index in [-0.39, 0.29) is 5.75 Å². The molecule has 0 amide bonds. The minimum Gasteiger partial charge on any atom is -0.508 e. The Kier molecular flexibility index (Phi) is 4.94. The molecule has 17 heavy (non-hydrogen) atoms. The van der Waals surface area contributed by atoms with Gasteiger partial charge in [0.05, 0.1) is 5.29 Å². The summed E-state index contributed by atoms with van der Waals surface area (Å²) in [5, 5.41) is 13.8. The number of rotatable bonds is 6. The lowest BCUT2D eigenvalue weighted by Gasteiger charge is -2.25. The van der Waals surface area contributed by atoms with Crippen molar-refractivity contribution in [2.75, 3.05) is 13.6 Å². The van der Waals surface area contributed by atoms with Crippen LogP contribution in [0.1, 0.15) is 31.7 Å². The molecule has 0 bridgehead atoms. The van der Waals surface area contributed by atoms with Gasteiger partial charge in [0.15, 0.2) is 0 Å². The smallest absolute Gasteiger partial charge is 0.115 e. The Morgan fingerprint density at radius 3 is 2.71 bits per heavy atom. The van der Waals surface area contributed by atoms with Gasteiger partial charge in [-0.15, -0.1) is 4.91 Å². The summed E-state index contributed by atoms with van der Waals surface area (Å²) in [6.07, 6.45) is 0.970. The van der Waals surface area contributed by atoms with Crippen LogP contribution in [0.5, 0.6) is 5.75 Å². The van der Waals surface area contributed by atoms with Gasteiger partial charge in [-0.2, -0.15) is 0 Å². The molecule has 0 fully saturated rings. The maximum atomic E-state index is 10.4. The van der Waals surface area contributed by atoms with Crippen molar-refractivity contribution >= 4 is 0 Å². The predicted molar refractivity (Wildman–Crippen MR) is 68.7 cm³/mol. The van der Waals surface area contributed by atoms with Crippen LogP contribution in [0.3, 0.4) is 0 Å². The number of benzene rings is 1. The van der Waals surface area contributed by atoms with E-state index in [1.165, 1.54) is 5.01 Å². The average Bonchev–Trinajstić information content (AvgIpc) is 2.30. The van der Waals surface area contributed by atoms with Gasteiger partial charge in [-0.1, -0.05) is 26.0 Å². The lowest BCUT2D eigenvalue weighted by Crippen LogP contribution is -2.23. The number of hydrogen-bond donors (Lipinski definition) is 1. The van der Waals surface area contributed by atoms with Crippen LogP contribution >= 0.6 is 0 Å². The highest BCUT2D eigenvalue weighted by molar-refractivity contribution is 5.30. The average molecular weight is 236 g/mol. The second kappa shape index (κ2) is 6.23. The fourth-order valence-corrected chi connectivity index (χ4v) is 2.30. The van der Waals surface area contributed by atoms with Gasteiger partial charge in [-0.3, -0.25) is 5.01 Å². The van der Waals surface area contributed by atoms with Crippen LogP contribution in [0.15, 0.2) is 29.6 Å². The fourth-order valence-electron chi connectivity index (χ4n) is 2.30. The molecule has 0 saturated carbocycles. The van der Waals surface area contributed by atoms with Gasteiger partial charge in [0, 0.05) is 13.6 Å². The standard InChI is InChI=1S/C13H20N2O2/c1-4-13(10(2)9-15(3)14-17)11-6-5-7-12(16)8-11/h5-8,10,13,16H,4,9H2,1-3H3/t10-,13+/m0/s1. The molecule has 0 saturated heterocycles. The van der Waals surface area contributed by atoms with E-state index in [1.807, 2.05) is 12.1 Å². The van der Waals surface area contributed by atoms with E-state index in [0.717, 1.165) is 12.0 Å². The fraction of sp³-hybridized carbons (Fsp3) is 0.538. The molecule has 0 aromatic heterocycles. The number of aromatic hydroxyl groups is 1. The SMILES string of the molecule is CC[C@@H](c1cccc(O)c1)[C@@H](C)CN(C)N=O. The van der Waals surface area contributed by atoms with E-state index in [4.69, 9.17) is 0 Å². The quantitative estimate of drug-likeness (QED) is 0.610. The van der Waals surface area contributed by atoms with Crippen molar-refractivity contribution in [3.8, 4) is 5.75 Å². The molecule has 1 aromatic carbocycles. The normalized spacial score (nSPS) is 14.1. The Morgan fingerprint density at radius 2 is 2.18 bits per heavy atom. The third-order valence-corrected chi connectivity index (χ3v) is 3.12. The van der Waals surface area contributed by atoms with Crippen LogP contribution in [0, 0.1) is 10.8 Å². The topological polar surface area (TPSA) is 52.9 Å². The van der Waals surface area contributed by atoms with Crippen molar-refractivity contribution in [1.29, 1.82) is 0 Å². The number of hydrogen-bond acceptors (Lipinski definition) is 3. The van der Waals surface area contributed by atoms with Gasteiger partial charge < -0.3 is 5.11 Å². The molecule has 1 N–H and O–H groups in total. The summed E-state index contributed by atoms with van der Waals surface area (Å²) in [4.78, 5) is 10.4. The highest BCUT2D eigenvalue weighted by atomic mass is 16.3. The van der Waals surface area contributed by atoms with Gasteiger partial charge in [0.25, 0.3) is 0 Å². The van der Waals surface area contributed by atoms with E-state index in [2.05, 4.69) is 19.1 Å². The maximum Gasteiger partial charge on any atom is 0.115 e. The summed E-state index contributed by atoms with van der Waals surface area (Å²) in [6.45, 7) is 4.83. The molecule has 1 aromatic rings. The molecule has 0 aliphatic carbocycles. The van der Waals surface area contributed by atoms with Crippen molar-refractivity contribution in [2.24, 2.45) is 11.2 Å². The first-order chi connectivity index (χ1) is 8.08. The van der Waals surface area contributed by atoms with E-state index < -0.39 is 0 Å². The van der Waals surface area contributed by atoms with E-state index in [9.17, 15) is 10.0 Å². The monoisotopic (exact) mass is 236 g/mol. The molecule has 0 spiro atoms. The Hall–Kier alpha value is -1.58. The summed E-state index contributed by atoms with van der Waals surface area (Å²) in [6, 6.07) is 7.32. The van der Waals surface area contributed by atoms with Crippen LogP contribution in [-0.2, 0) is 0 Å². The van der Waals surface area contributed by atoms with Gasteiger partial charge >= 0.3 is 0 Å². The van der Waals surface area contributed by atoms with Crippen molar-refractivity contribution in [2.45, 2.75) is 26.2 Å². The van der Waals surface area contributed by atoms with Crippen molar-refractivity contribution in [3.63, 3.8) is 0 Å². The summed E-state index contributed by atoms with van der Waals surface area (Å²) >= 11 is 0. The molecule has 2 atom stereocenters. The molecule has 0 radical (unpaired) electrons. The zero-order valence-corrected chi connectivity index (χ0v) is 10.6.